The van der Waals surface area contributed by atoms with E-state index in [0.717, 1.165) is 10.5 Å². The summed E-state index contributed by atoms with van der Waals surface area (Å²) in [5.74, 6) is -4.26. The van der Waals surface area contributed by atoms with Gasteiger partial charge in [0, 0.05) is 18.8 Å². The Morgan fingerprint density at radius 2 is 2.00 bits per heavy atom. The molecule has 0 aromatic heterocycles. The smallest absolute Gasteiger partial charge is 0.416 e. The number of amides is 2. The van der Waals surface area contributed by atoms with Gasteiger partial charge < -0.3 is 4.74 Å². The highest BCUT2D eigenvalue weighted by Crippen LogP contribution is 2.51. The molecule has 6 heteroatoms. The van der Waals surface area contributed by atoms with Gasteiger partial charge in [-0.25, -0.2) is 18.5 Å². The van der Waals surface area contributed by atoms with Gasteiger partial charge in [-0.3, -0.25) is 4.79 Å². The predicted molar refractivity (Wildman–Crippen MR) is 69.8 cm³/mol. The maximum absolute atomic E-state index is 12.9. The molecule has 3 rings (SSSR count). The molecule has 1 heterocycles. The minimum atomic E-state index is -2.76. The van der Waals surface area contributed by atoms with E-state index in [-0.39, 0.29) is 19.4 Å². The fourth-order valence-corrected chi connectivity index (χ4v) is 2.60. The van der Waals surface area contributed by atoms with Gasteiger partial charge in [-0.1, -0.05) is 30.3 Å². The summed E-state index contributed by atoms with van der Waals surface area (Å²) in [6.45, 7) is 0.112. The van der Waals surface area contributed by atoms with Crippen molar-refractivity contribution in [1.82, 2.24) is 4.90 Å². The number of halogens is 2. The van der Waals surface area contributed by atoms with Crippen molar-refractivity contribution in [3.05, 3.63) is 35.9 Å². The zero-order valence-corrected chi connectivity index (χ0v) is 11.3. The van der Waals surface area contributed by atoms with Gasteiger partial charge in [-0.15, -0.1) is 0 Å². The molecule has 2 atom stereocenters. The number of cyclic esters (lactones) is 1. The third kappa shape index (κ3) is 2.89. The summed E-state index contributed by atoms with van der Waals surface area (Å²) in [5, 5.41) is 0. The van der Waals surface area contributed by atoms with Crippen LogP contribution in [0.5, 0.6) is 0 Å². The van der Waals surface area contributed by atoms with Gasteiger partial charge in [0.1, 0.15) is 6.61 Å². The number of benzene rings is 1. The molecule has 112 valence electrons. The van der Waals surface area contributed by atoms with Crippen LogP contribution in [-0.2, 0) is 16.0 Å². The van der Waals surface area contributed by atoms with Crippen LogP contribution < -0.4 is 0 Å². The first kappa shape index (κ1) is 14.0. The Bertz CT molecular complexity index is 561. The summed E-state index contributed by atoms with van der Waals surface area (Å²) >= 11 is 0. The minimum absolute atomic E-state index is 0.112. The van der Waals surface area contributed by atoms with Crippen LogP contribution in [0, 0.1) is 5.92 Å². The first-order valence-electron chi connectivity index (χ1n) is 6.88. The molecule has 1 aliphatic heterocycles. The second-order valence-electron chi connectivity index (χ2n) is 5.55. The molecule has 1 unspecified atom stereocenters. The predicted octanol–water partition coefficient (Wildman–Crippen LogP) is 2.62. The van der Waals surface area contributed by atoms with E-state index in [0.29, 0.717) is 6.42 Å². The number of rotatable bonds is 4. The largest absolute Gasteiger partial charge is 0.447 e. The Labute approximate surface area is 120 Å². The van der Waals surface area contributed by atoms with E-state index in [1.165, 1.54) is 0 Å². The normalized spacial score (nSPS) is 26.6. The number of carbonyl (C=O) groups excluding carboxylic acids is 2. The zero-order valence-electron chi connectivity index (χ0n) is 11.3. The molecule has 1 aliphatic carbocycles. The van der Waals surface area contributed by atoms with E-state index in [1.807, 2.05) is 30.3 Å². The Morgan fingerprint density at radius 3 is 2.62 bits per heavy atom. The van der Waals surface area contributed by atoms with Crippen LogP contribution in [0.25, 0.3) is 0 Å². The van der Waals surface area contributed by atoms with Crippen LogP contribution in [0.15, 0.2) is 30.3 Å². The summed E-state index contributed by atoms with van der Waals surface area (Å²) in [6.07, 6.45) is -0.831. The first-order valence-corrected chi connectivity index (χ1v) is 6.88. The lowest BCUT2D eigenvalue weighted by atomic mass is 10.1. The third-order valence-corrected chi connectivity index (χ3v) is 3.92. The van der Waals surface area contributed by atoms with Crippen molar-refractivity contribution in [3.63, 3.8) is 0 Å². The van der Waals surface area contributed by atoms with Crippen LogP contribution in [0.3, 0.4) is 0 Å². The van der Waals surface area contributed by atoms with Crippen LogP contribution in [0.2, 0.25) is 0 Å². The maximum Gasteiger partial charge on any atom is 0.416 e. The molecule has 1 saturated heterocycles. The van der Waals surface area contributed by atoms with Gasteiger partial charge in [-0.2, -0.15) is 0 Å². The summed E-state index contributed by atoms with van der Waals surface area (Å²) in [7, 11) is 0. The van der Waals surface area contributed by atoms with Crippen molar-refractivity contribution >= 4 is 12.0 Å². The van der Waals surface area contributed by atoms with Crippen LogP contribution in [0.4, 0.5) is 13.6 Å². The van der Waals surface area contributed by atoms with E-state index < -0.39 is 29.9 Å². The van der Waals surface area contributed by atoms with Crippen LogP contribution >= 0.6 is 0 Å². The van der Waals surface area contributed by atoms with Crippen molar-refractivity contribution < 1.29 is 23.1 Å². The Kier molecular flexibility index (Phi) is 3.39. The molecule has 0 N–H and O–H groups in total. The molecular weight excluding hydrogens is 280 g/mol. The third-order valence-electron chi connectivity index (χ3n) is 3.92. The second kappa shape index (κ2) is 5.09. The molecule has 0 bridgehead atoms. The van der Waals surface area contributed by atoms with Crippen molar-refractivity contribution in [2.45, 2.75) is 31.2 Å². The summed E-state index contributed by atoms with van der Waals surface area (Å²) < 4.78 is 30.7. The monoisotopic (exact) mass is 295 g/mol. The number of alkyl halides is 2. The average molecular weight is 295 g/mol. The molecule has 0 radical (unpaired) electrons. The van der Waals surface area contributed by atoms with E-state index in [9.17, 15) is 18.4 Å². The van der Waals surface area contributed by atoms with Crippen molar-refractivity contribution in [3.8, 4) is 0 Å². The lowest BCUT2D eigenvalue weighted by Gasteiger charge is -2.19. The van der Waals surface area contributed by atoms with E-state index in [1.54, 1.807) is 0 Å². The highest BCUT2D eigenvalue weighted by Gasteiger charge is 2.58. The van der Waals surface area contributed by atoms with Crippen LogP contribution in [-0.4, -0.2) is 35.5 Å². The van der Waals surface area contributed by atoms with Crippen molar-refractivity contribution in [2.75, 3.05) is 6.61 Å². The molecular formula is C15H15F2NO3. The Morgan fingerprint density at radius 1 is 1.33 bits per heavy atom. The number of hydrogen-bond donors (Lipinski definition) is 0. The fourth-order valence-electron chi connectivity index (χ4n) is 2.60. The minimum Gasteiger partial charge on any atom is -0.447 e. The van der Waals surface area contributed by atoms with E-state index >= 15 is 0 Å². The number of ether oxygens (including phenoxy) is 1. The number of hydrogen-bond acceptors (Lipinski definition) is 3. The number of carbonyl (C=O) groups is 2. The zero-order chi connectivity index (χ0) is 15.0. The Hall–Kier alpha value is -1.98. The average Bonchev–Trinajstić information content (AvgIpc) is 2.86. The van der Waals surface area contributed by atoms with Gasteiger partial charge in [0.05, 0.1) is 6.04 Å². The molecule has 2 amide bonds. The molecule has 1 aromatic rings. The standard InChI is InChI=1S/C15H15F2NO3/c16-15(17)8-11(15)7-13(19)18-12(9-21-14(18)20)6-10-4-2-1-3-5-10/h1-5,11-12H,6-9H2/t11-,12?/m0/s1. The quantitative estimate of drug-likeness (QED) is 0.858. The first-order chi connectivity index (χ1) is 9.97. The molecule has 1 saturated carbocycles. The summed E-state index contributed by atoms with van der Waals surface area (Å²) in [5.41, 5.74) is 0.968. The van der Waals surface area contributed by atoms with Crippen LogP contribution in [0.1, 0.15) is 18.4 Å². The number of imide groups is 1. The molecule has 0 spiro atoms. The number of nitrogens with zero attached hydrogens (tertiary/aromatic N) is 1. The summed E-state index contributed by atoms with van der Waals surface area (Å²) in [6, 6.07) is 8.96. The molecule has 2 fully saturated rings. The van der Waals surface area contributed by atoms with Gasteiger partial charge in [0.25, 0.3) is 5.92 Å². The van der Waals surface area contributed by atoms with Crippen molar-refractivity contribution in [1.29, 1.82) is 0 Å². The topological polar surface area (TPSA) is 46.6 Å². The van der Waals surface area contributed by atoms with E-state index in [2.05, 4.69) is 0 Å². The highest BCUT2D eigenvalue weighted by molar-refractivity contribution is 5.93. The lowest BCUT2D eigenvalue weighted by Crippen LogP contribution is -2.40. The fraction of sp³-hybridized carbons (Fsp3) is 0.467. The molecule has 21 heavy (non-hydrogen) atoms. The summed E-state index contributed by atoms with van der Waals surface area (Å²) in [4.78, 5) is 24.8. The molecule has 2 aliphatic rings. The maximum atomic E-state index is 12.9. The highest BCUT2D eigenvalue weighted by atomic mass is 19.3. The van der Waals surface area contributed by atoms with Gasteiger partial charge in [-0.05, 0) is 12.0 Å². The molecule has 1 aromatic carbocycles. The second-order valence-corrected chi connectivity index (χ2v) is 5.55. The van der Waals surface area contributed by atoms with E-state index in [4.69, 9.17) is 4.74 Å². The van der Waals surface area contributed by atoms with Gasteiger partial charge >= 0.3 is 6.09 Å². The van der Waals surface area contributed by atoms with Gasteiger partial charge in [0.2, 0.25) is 5.91 Å². The Balaban J connectivity index is 1.66. The SMILES string of the molecule is O=C(C[C@H]1CC1(F)F)N1C(=O)OCC1Cc1ccccc1. The van der Waals surface area contributed by atoms with Crippen molar-refractivity contribution in [2.24, 2.45) is 5.92 Å². The molecule has 4 nitrogen and oxygen atoms in total. The lowest BCUT2D eigenvalue weighted by molar-refractivity contribution is -0.130. The van der Waals surface area contributed by atoms with Gasteiger partial charge in [0.15, 0.2) is 0 Å².